The third-order valence-corrected chi connectivity index (χ3v) is 4.09. The lowest BCUT2D eigenvalue weighted by atomic mass is 10.1. The lowest BCUT2D eigenvalue weighted by molar-refractivity contribution is -0.128. The van der Waals surface area contributed by atoms with Crippen LogP contribution in [0.4, 0.5) is 0 Å². The van der Waals surface area contributed by atoms with Crippen LogP contribution in [0.2, 0.25) is 0 Å². The fourth-order valence-electron chi connectivity index (χ4n) is 2.60. The Balaban J connectivity index is 1.73. The summed E-state index contributed by atoms with van der Waals surface area (Å²) in [7, 11) is 0. The van der Waals surface area contributed by atoms with Gasteiger partial charge in [0.2, 0.25) is 0 Å². The molecule has 4 heteroatoms. The Kier molecular flexibility index (Phi) is 8.00. The van der Waals surface area contributed by atoms with Gasteiger partial charge in [0, 0.05) is 0 Å². The van der Waals surface area contributed by atoms with Crippen molar-refractivity contribution in [3.8, 4) is 11.5 Å². The van der Waals surface area contributed by atoms with Gasteiger partial charge in [0.15, 0.2) is 6.10 Å². The van der Waals surface area contributed by atoms with Crippen molar-refractivity contribution in [1.82, 2.24) is 5.32 Å². The molecule has 0 aliphatic rings. The first-order valence-corrected chi connectivity index (χ1v) is 9.35. The molecule has 0 aliphatic heterocycles. The maximum Gasteiger partial charge on any atom is 0.261 e. The van der Waals surface area contributed by atoms with Crippen molar-refractivity contribution in [2.45, 2.75) is 46.1 Å². The average molecular weight is 355 g/mol. The lowest BCUT2D eigenvalue weighted by Gasteiger charge is -2.17. The molecule has 1 amide bonds. The van der Waals surface area contributed by atoms with E-state index in [1.54, 1.807) is 0 Å². The molecule has 0 saturated heterocycles. The smallest absolute Gasteiger partial charge is 0.261 e. The summed E-state index contributed by atoms with van der Waals surface area (Å²) < 4.78 is 11.5. The van der Waals surface area contributed by atoms with E-state index < -0.39 is 6.10 Å². The first kappa shape index (κ1) is 19.8. The van der Waals surface area contributed by atoms with Gasteiger partial charge < -0.3 is 14.8 Å². The van der Waals surface area contributed by atoms with Crippen molar-refractivity contribution in [3.63, 3.8) is 0 Å². The molecule has 2 aromatic rings. The maximum absolute atomic E-state index is 12.3. The lowest BCUT2D eigenvalue weighted by Crippen LogP contribution is -2.39. The van der Waals surface area contributed by atoms with Crippen LogP contribution in [0.15, 0.2) is 48.5 Å². The second-order valence-electron chi connectivity index (χ2n) is 6.36. The number of nitrogens with one attached hydrogen (secondary N) is 1. The molecular weight excluding hydrogens is 326 g/mol. The number of rotatable bonds is 10. The normalized spacial score (nSPS) is 11.7. The third kappa shape index (κ3) is 6.43. The van der Waals surface area contributed by atoms with Crippen LogP contribution in [0.1, 0.15) is 37.8 Å². The SMILES string of the molecule is CCCc1ccc(OCCNC(=O)[C@@H](CC)Oc2ccc(C)cc2)cc1. The molecule has 1 atom stereocenters. The van der Waals surface area contributed by atoms with E-state index in [1.807, 2.05) is 50.2 Å². The van der Waals surface area contributed by atoms with Gasteiger partial charge in [-0.1, -0.05) is 50.1 Å². The van der Waals surface area contributed by atoms with E-state index in [0.29, 0.717) is 25.3 Å². The zero-order valence-corrected chi connectivity index (χ0v) is 16.0. The molecule has 26 heavy (non-hydrogen) atoms. The van der Waals surface area contributed by atoms with Gasteiger partial charge in [0.05, 0.1) is 6.54 Å². The minimum Gasteiger partial charge on any atom is -0.492 e. The van der Waals surface area contributed by atoms with Crippen LogP contribution in [0.3, 0.4) is 0 Å². The number of benzene rings is 2. The van der Waals surface area contributed by atoms with Crippen LogP contribution in [-0.2, 0) is 11.2 Å². The van der Waals surface area contributed by atoms with Crippen molar-refractivity contribution < 1.29 is 14.3 Å². The second-order valence-corrected chi connectivity index (χ2v) is 6.36. The monoisotopic (exact) mass is 355 g/mol. The van der Waals surface area contributed by atoms with Gasteiger partial charge >= 0.3 is 0 Å². The van der Waals surface area contributed by atoms with Crippen LogP contribution in [0, 0.1) is 6.92 Å². The summed E-state index contributed by atoms with van der Waals surface area (Å²) in [6, 6.07) is 15.8. The van der Waals surface area contributed by atoms with Crippen LogP contribution in [0.5, 0.6) is 11.5 Å². The summed E-state index contributed by atoms with van der Waals surface area (Å²) in [5, 5.41) is 2.88. The quantitative estimate of drug-likeness (QED) is 0.647. The Morgan fingerprint density at radius 2 is 1.65 bits per heavy atom. The molecule has 0 fully saturated rings. The first-order chi connectivity index (χ1) is 12.6. The Hall–Kier alpha value is -2.49. The Morgan fingerprint density at radius 1 is 1.00 bits per heavy atom. The summed E-state index contributed by atoms with van der Waals surface area (Å²) in [6.07, 6.45) is 2.33. The number of hydrogen-bond acceptors (Lipinski definition) is 3. The highest BCUT2D eigenvalue weighted by atomic mass is 16.5. The molecule has 2 aromatic carbocycles. The van der Waals surface area contributed by atoms with Crippen molar-refractivity contribution in [3.05, 3.63) is 59.7 Å². The topological polar surface area (TPSA) is 47.6 Å². The first-order valence-electron chi connectivity index (χ1n) is 9.35. The van der Waals surface area contributed by atoms with E-state index in [4.69, 9.17) is 9.47 Å². The number of hydrogen-bond donors (Lipinski definition) is 1. The fraction of sp³-hybridized carbons (Fsp3) is 0.409. The van der Waals surface area contributed by atoms with Gasteiger partial charge in [-0.25, -0.2) is 0 Å². The predicted octanol–water partition coefficient (Wildman–Crippen LogP) is 4.30. The fourth-order valence-corrected chi connectivity index (χ4v) is 2.60. The Morgan fingerprint density at radius 3 is 2.27 bits per heavy atom. The van der Waals surface area contributed by atoms with Crippen LogP contribution in [0.25, 0.3) is 0 Å². The summed E-state index contributed by atoms with van der Waals surface area (Å²) in [6.45, 7) is 7.00. The van der Waals surface area contributed by atoms with E-state index in [0.717, 1.165) is 24.2 Å². The van der Waals surface area contributed by atoms with Gasteiger partial charge in [0.25, 0.3) is 5.91 Å². The summed E-state index contributed by atoms with van der Waals surface area (Å²) in [5.74, 6) is 1.41. The van der Waals surface area contributed by atoms with E-state index in [2.05, 4.69) is 24.4 Å². The number of aryl methyl sites for hydroxylation is 2. The largest absolute Gasteiger partial charge is 0.492 e. The van der Waals surface area contributed by atoms with Crippen molar-refractivity contribution in [2.75, 3.05) is 13.2 Å². The van der Waals surface area contributed by atoms with Gasteiger partial charge in [0.1, 0.15) is 18.1 Å². The molecular formula is C22H29NO3. The molecule has 0 heterocycles. The molecule has 0 aliphatic carbocycles. The zero-order valence-electron chi connectivity index (χ0n) is 16.0. The van der Waals surface area contributed by atoms with Crippen LogP contribution < -0.4 is 14.8 Å². The van der Waals surface area contributed by atoms with Gasteiger partial charge in [-0.2, -0.15) is 0 Å². The van der Waals surface area contributed by atoms with Crippen molar-refractivity contribution in [1.29, 1.82) is 0 Å². The summed E-state index contributed by atoms with van der Waals surface area (Å²) in [5.41, 5.74) is 2.47. The maximum atomic E-state index is 12.3. The van der Waals surface area contributed by atoms with Gasteiger partial charge in [-0.15, -0.1) is 0 Å². The third-order valence-electron chi connectivity index (χ3n) is 4.09. The molecule has 0 bridgehead atoms. The molecule has 0 radical (unpaired) electrons. The predicted molar refractivity (Wildman–Crippen MR) is 105 cm³/mol. The van der Waals surface area contributed by atoms with Crippen LogP contribution in [-0.4, -0.2) is 25.2 Å². The molecule has 0 spiro atoms. The average Bonchev–Trinajstić information content (AvgIpc) is 2.66. The minimum atomic E-state index is -0.494. The van der Waals surface area contributed by atoms with Crippen molar-refractivity contribution >= 4 is 5.91 Å². The highest BCUT2D eigenvalue weighted by Gasteiger charge is 2.17. The second kappa shape index (κ2) is 10.5. The van der Waals surface area contributed by atoms with E-state index in [1.165, 1.54) is 5.56 Å². The van der Waals surface area contributed by atoms with Crippen LogP contribution >= 0.6 is 0 Å². The zero-order chi connectivity index (χ0) is 18.8. The number of amides is 1. The Bertz CT molecular complexity index is 665. The Labute approximate surface area is 156 Å². The molecule has 4 nitrogen and oxygen atoms in total. The summed E-state index contributed by atoms with van der Waals surface area (Å²) >= 11 is 0. The number of carbonyl (C=O) groups excluding carboxylic acids is 1. The number of ether oxygens (including phenoxy) is 2. The van der Waals surface area contributed by atoms with E-state index in [-0.39, 0.29) is 5.91 Å². The molecule has 2 rings (SSSR count). The highest BCUT2D eigenvalue weighted by molar-refractivity contribution is 5.81. The standard InChI is InChI=1S/C22H29NO3/c1-4-6-18-9-13-19(14-10-18)25-16-15-23-22(24)21(5-2)26-20-11-7-17(3)8-12-20/h7-14,21H,4-6,15-16H2,1-3H3,(H,23,24)/t21-/m1/s1. The summed E-state index contributed by atoms with van der Waals surface area (Å²) in [4.78, 5) is 12.3. The minimum absolute atomic E-state index is 0.116. The molecule has 0 saturated carbocycles. The molecule has 0 aromatic heterocycles. The van der Waals surface area contributed by atoms with Gasteiger partial charge in [-0.05, 0) is 49.6 Å². The van der Waals surface area contributed by atoms with E-state index in [9.17, 15) is 4.79 Å². The molecule has 0 unspecified atom stereocenters. The molecule has 140 valence electrons. The van der Waals surface area contributed by atoms with Crippen molar-refractivity contribution in [2.24, 2.45) is 0 Å². The van der Waals surface area contributed by atoms with E-state index >= 15 is 0 Å². The van der Waals surface area contributed by atoms with Gasteiger partial charge in [-0.3, -0.25) is 4.79 Å². The highest BCUT2D eigenvalue weighted by Crippen LogP contribution is 2.15. The molecule has 1 N–H and O–H groups in total. The number of carbonyl (C=O) groups is 1.